The van der Waals surface area contributed by atoms with Gasteiger partial charge in [-0.3, -0.25) is 37.3 Å². The zero-order valence-corrected chi connectivity index (χ0v) is 61.8. The van der Waals surface area contributed by atoms with Crippen LogP contribution in [0.1, 0.15) is 297 Å². The lowest BCUT2D eigenvalue weighted by Gasteiger charge is -2.21. The Bertz CT molecular complexity index is 2250. The molecule has 0 saturated heterocycles. The minimum absolute atomic E-state index is 0.0712. The molecule has 0 aromatic carbocycles. The third-order valence-electron chi connectivity index (χ3n) is 15.2. The second-order valence-corrected chi connectivity index (χ2v) is 27.4. The molecule has 17 nitrogen and oxygen atoms in total. The third-order valence-corrected chi connectivity index (χ3v) is 17.1. The SMILES string of the molecule is CC/C=C\C/C=C\C/C=C\C/C=C\CCCCCCC(=O)OCC(COP(=O)(O)OCC(O)COP(=O)(O)OCC(COC(=O)CCCCCCC/C=C\C/C=C\CCC)OC(=O)CCCCCCC/C=C\CCCCCC)OC(=O)CCCCCCC/C=C\C/C=C\CCC. The molecular formula is C77H132O17P2. The van der Waals surface area contributed by atoms with E-state index in [1.165, 1.54) is 25.7 Å². The van der Waals surface area contributed by atoms with Gasteiger partial charge in [0.05, 0.1) is 26.4 Å². The number of carbonyl (C=O) groups excluding carboxylic acids is 4. The van der Waals surface area contributed by atoms with Crippen molar-refractivity contribution in [2.45, 2.75) is 316 Å². The first-order valence-corrected chi connectivity index (χ1v) is 40.1. The van der Waals surface area contributed by atoms with Gasteiger partial charge in [0.2, 0.25) is 0 Å². The molecule has 5 unspecified atom stereocenters. The fraction of sp³-hybridized carbons (Fsp3) is 0.714. The number of hydrogen-bond acceptors (Lipinski definition) is 15. The smallest absolute Gasteiger partial charge is 0.462 e. The Hall–Kier alpha value is -4.28. The quantitative estimate of drug-likeness (QED) is 0.0169. The number of allylic oxidation sites excluding steroid dienone is 18. The molecule has 0 amide bonds. The fourth-order valence-corrected chi connectivity index (χ4v) is 11.1. The van der Waals surface area contributed by atoms with Crippen LogP contribution in [-0.2, 0) is 65.4 Å². The Balaban J connectivity index is 5.37. The van der Waals surface area contributed by atoms with Gasteiger partial charge in [-0.05, 0) is 141 Å². The number of phosphoric acid groups is 2. The largest absolute Gasteiger partial charge is 0.472 e. The molecule has 0 saturated carbocycles. The number of esters is 4. The van der Waals surface area contributed by atoms with Crippen molar-refractivity contribution in [1.82, 2.24) is 0 Å². The van der Waals surface area contributed by atoms with E-state index < -0.39 is 97.5 Å². The van der Waals surface area contributed by atoms with Crippen molar-refractivity contribution in [3.8, 4) is 0 Å². The number of hydrogen-bond donors (Lipinski definition) is 3. The summed E-state index contributed by atoms with van der Waals surface area (Å²) < 4.78 is 68.3. The molecule has 0 fully saturated rings. The Morgan fingerprint density at radius 3 is 0.885 bits per heavy atom. The van der Waals surface area contributed by atoms with Crippen LogP contribution in [0.15, 0.2) is 109 Å². The van der Waals surface area contributed by atoms with Crippen molar-refractivity contribution in [2.24, 2.45) is 0 Å². The van der Waals surface area contributed by atoms with Gasteiger partial charge in [-0.15, -0.1) is 0 Å². The van der Waals surface area contributed by atoms with Gasteiger partial charge in [0.1, 0.15) is 19.3 Å². The van der Waals surface area contributed by atoms with Crippen molar-refractivity contribution < 1.29 is 80.2 Å². The predicted molar refractivity (Wildman–Crippen MR) is 390 cm³/mol. The summed E-state index contributed by atoms with van der Waals surface area (Å²) in [4.78, 5) is 72.7. The van der Waals surface area contributed by atoms with Gasteiger partial charge in [0.25, 0.3) is 0 Å². The molecule has 552 valence electrons. The molecule has 5 atom stereocenters. The highest BCUT2D eigenvalue weighted by molar-refractivity contribution is 7.47. The van der Waals surface area contributed by atoms with Crippen LogP contribution in [0.4, 0.5) is 0 Å². The summed E-state index contributed by atoms with van der Waals surface area (Å²) in [6.45, 7) is 4.54. The van der Waals surface area contributed by atoms with Crippen LogP contribution in [0.5, 0.6) is 0 Å². The molecule has 19 heteroatoms. The molecule has 0 spiro atoms. The van der Waals surface area contributed by atoms with E-state index in [4.69, 9.17) is 37.0 Å². The van der Waals surface area contributed by atoms with E-state index in [1.807, 2.05) is 0 Å². The zero-order valence-electron chi connectivity index (χ0n) is 60.0. The van der Waals surface area contributed by atoms with Crippen molar-refractivity contribution in [3.05, 3.63) is 109 Å². The summed E-state index contributed by atoms with van der Waals surface area (Å²) in [5.74, 6) is -2.24. The van der Waals surface area contributed by atoms with E-state index in [-0.39, 0.29) is 25.7 Å². The molecule has 0 radical (unpaired) electrons. The molecule has 3 N–H and O–H groups in total. The summed E-state index contributed by atoms with van der Waals surface area (Å²) in [5, 5.41) is 10.6. The minimum atomic E-state index is -4.98. The molecule has 0 rings (SSSR count). The number of phosphoric ester groups is 2. The van der Waals surface area contributed by atoms with E-state index in [1.54, 1.807) is 0 Å². The van der Waals surface area contributed by atoms with Crippen LogP contribution < -0.4 is 0 Å². The van der Waals surface area contributed by atoms with Crippen molar-refractivity contribution >= 4 is 39.5 Å². The minimum Gasteiger partial charge on any atom is -0.462 e. The number of unbranched alkanes of at least 4 members (excludes halogenated alkanes) is 25. The monoisotopic (exact) mass is 1390 g/mol. The molecular weight excluding hydrogens is 1260 g/mol. The standard InChI is InChI=1S/C77H132O17P2/c1-5-9-13-17-21-25-29-33-34-35-36-40-42-46-50-54-58-62-75(80)88-68-73(94-77(82)64-60-56-52-48-44-39-32-28-24-20-16-12-8-4)70-92-96(85,86)90-66-71(78)65-89-95(83,84)91-69-72(93-76(81)63-59-55-51-47-43-38-31-27-23-19-15-11-7-3)67-87-74(79)61-57-53-49-45-41-37-30-26-22-18-14-10-6-2/h9,13-14,16,18,20-21,25-28,30-34,36,40,71-73,78H,5-8,10-12,15,17,19,22-24,29,35,37-39,41-70H2,1-4H3,(H,83,84)(H,85,86)/b13-9-,18-14-,20-16-,25-21-,30-26-,31-27-,32-28-,34-33-,40-36-. The fourth-order valence-electron chi connectivity index (χ4n) is 9.52. The molecule has 0 bridgehead atoms. The summed E-state index contributed by atoms with van der Waals surface area (Å²) in [6, 6.07) is 0. The van der Waals surface area contributed by atoms with Gasteiger partial charge in [-0.2, -0.15) is 0 Å². The number of ether oxygens (including phenoxy) is 4. The third kappa shape index (κ3) is 68.3. The maximum atomic E-state index is 13.1. The maximum absolute atomic E-state index is 13.1. The van der Waals surface area contributed by atoms with Crippen LogP contribution in [0.2, 0.25) is 0 Å². The normalized spacial score (nSPS) is 14.6. The summed E-state index contributed by atoms with van der Waals surface area (Å²) in [7, 11) is -9.96. The predicted octanol–water partition coefficient (Wildman–Crippen LogP) is 21.0. The number of aliphatic hydroxyl groups excluding tert-OH is 1. The molecule has 0 aliphatic heterocycles. The number of rotatable bonds is 69. The summed E-state index contributed by atoms with van der Waals surface area (Å²) >= 11 is 0. The second kappa shape index (κ2) is 69.2. The van der Waals surface area contributed by atoms with Gasteiger partial charge < -0.3 is 33.8 Å². The maximum Gasteiger partial charge on any atom is 0.472 e. The molecule has 0 aliphatic carbocycles. The van der Waals surface area contributed by atoms with E-state index in [9.17, 15) is 43.2 Å². The number of aliphatic hydroxyl groups is 1. The van der Waals surface area contributed by atoms with Crippen molar-refractivity contribution in [1.29, 1.82) is 0 Å². The topological polar surface area (TPSA) is 237 Å². The Morgan fingerprint density at radius 1 is 0.302 bits per heavy atom. The second-order valence-electron chi connectivity index (χ2n) is 24.5. The Labute approximate surface area is 581 Å². The van der Waals surface area contributed by atoms with Crippen LogP contribution >= 0.6 is 15.6 Å². The van der Waals surface area contributed by atoms with Gasteiger partial charge in [-0.25, -0.2) is 9.13 Å². The molecule has 96 heavy (non-hydrogen) atoms. The van der Waals surface area contributed by atoms with Crippen LogP contribution in [0.25, 0.3) is 0 Å². The Kier molecular flexibility index (Phi) is 66.1. The lowest BCUT2D eigenvalue weighted by atomic mass is 10.1. The number of carbonyl (C=O) groups is 4. The molecule has 0 aromatic rings. The summed E-state index contributed by atoms with van der Waals surface area (Å²) in [5.41, 5.74) is 0. The lowest BCUT2D eigenvalue weighted by molar-refractivity contribution is -0.161. The van der Waals surface area contributed by atoms with Gasteiger partial charge in [0.15, 0.2) is 12.2 Å². The average Bonchev–Trinajstić information content (AvgIpc) is 3.12. The first kappa shape index (κ1) is 91.7. The lowest BCUT2D eigenvalue weighted by Crippen LogP contribution is -2.30. The zero-order chi connectivity index (χ0) is 70.4. The van der Waals surface area contributed by atoms with E-state index in [2.05, 4.69) is 137 Å². The van der Waals surface area contributed by atoms with E-state index in [0.717, 1.165) is 193 Å². The highest BCUT2D eigenvalue weighted by atomic mass is 31.2. The van der Waals surface area contributed by atoms with Crippen LogP contribution in [0.3, 0.4) is 0 Å². The average molecular weight is 1390 g/mol. The highest BCUT2D eigenvalue weighted by Gasteiger charge is 2.30. The van der Waals surface area contributed by atoms with Gasteiger partial charge >= 0.3 is 39.5 Å². The van der Waals surface area contributed by atoms with Gasteiger partial charge in [-0.1, -0.05) is 240 Å². The van der Waals surface area contributed by atoms with E-state index in [0.29, 0.717) is 25.7 Å². The Morgan fingerprint density at radius 2 is 0.562 bits per heavy atom. The highest BCUT2D eigenvalue weighted by Crippen LogP contribution is 2.45. The van der Waals surface area contributed by atoms with Crippen LogP contribution in [-0.4, -0.2) is 96.7 Å². The van der Waals surface area contributed by atoms with Crippen molar-refractivity contribution in [2.75, 3.05) is 39.6 Å². The first-order chi connectivity index (χ1) is 46.7. The molecule has 0 aromatic heterocycles. The van der Waals surface area contributed by atoms with Gasteiger partial charge in [0, 0.05) is 25.7 Å². The summed E-state index contributed by atoms with van der Waals surface area (Å²) in [6.07, 6.45) is 72.3. The molecule has 0 aliphatic rings. The molecule has 0 heterocycles. The van der Waals surface area contributed by atoms with Crippen LogP contribution in [0, 0.1) is 0 Å². The van der Waals surface area contributed by atoms with Crippen molar-refractivity contribution in [3.63, 3.8) is 0 Å². The van der Waals surface area contributed by atoms with E-state index >= 15 is 0 Å². The first-order valence-electron chi connectivity index (χ1n) is 37.1.